The van der Waals surface area contributed by atoms with E-state index < -0.39 is 23.9 Å². The van der Waals surface area contributed by atoms with E-state index in [0.29, 0.717) is 11.3 Å². The Bertz CT molecular complexity index is 542. The molecule has 1 aromatic carbocycles. The minimum atomic E-state index is -0.822. The van der Waals surface area contributed by atoms with Gasteiger partial charge in [0.2, 0.25) is 5.91 Å². The topological polar surface area (TPSA) is 111 Å². The molecule has 0 unspecified atom stereocenters. The Morgan fingerprint density at radius 2 is 1.95 bits per heavy atom. The number of nitrogens with two attached hydrogens (primary N) is 1. The lowest BCUT2D eigenvalue weighted by Crippen LogP contribution is -2.44. The van der Waals surface area contributed by atoms with Crippen molar-refractivity contribution in [2.45, 2.75) is 19.9 Å². The summed E-state index contributed by atoms with van der Waals surface area (Å²) in [5.41, 5.74) is 6.24. The highest BCUT2D eigenvalue weighted by molar-refractivity contribution is 6.04. The molecule has 1 atom stereocenters. The van der Waals surface area contributed by atoms with Crippen molar-refractivity contribution in [3.63, 3.8) is 0 Å². The molecule has 0 heterocycles. The van der Waals surface area contributed by atoms with Crippen molar-refractivity contribution in [3.8, 4) is 0 Å². The number of hydrogen-bond donors (Lipinski definition) is 3. The van der Waals surface area contributed by atoms with Gasteiger partial charge in [0, 0.05) is 0 Å². The molecule has 7 nitrogen and oxygen atoms in total. The maximum atomic E-state index is 11.9. The normalized spacial score (nSPS) is 11.3. The van der Waals surface area contributed by atoms with Crippen LogP contribution in [0.3, 0.4) is 0 Å². The zero-order valence-electron chi connectivity index (χ0n) is 11.5. The molecule has 7 heteroatoms. The van der Waals surface area contributed by atoms with Crippen LogP contribution in [0.1, 0.15) is 22.8 Å². The van der Waals surface area contributed by atoms with E-state index in [1.165, 1.54) is 14.0 Å². The number of amides is 3. The third kappa shape index (κ3) is 3.71. The van der Waals surface area contributed by atoms with Crippen molar-refractivity contribution < 1.29 is 19.1 Å². The summed E-state index contributed by atoms with van der Waals surface area (Å²) >= 11 is 0. The lowest BCUT2D eigenvalue weighted by atomic mass is 10.1. The second-order valence-electron chi connectivity index (χ2n) is 4.21. The minimum absolute atomic E-state index is 0.243. The number of urea groups is 1. The summed E-state index contributed by atoms with van der Waals surface area (Å²) in [6.45, 7) is 3.23. The third-order valence-corrected chi connectivity index (χ3v) is 2.68. The molecule has 0 saturated heterocycles. The molecule has 1 rings (SSSR count). The van der Waals surface area contributed by atoms with E-state index in [-0.39, 0.29) is 5.56 Å². The highest BCUT2D eigenvalue weighted by Gasteiger charge is 2.19. The predicted molar refractivity (Wildman–Crippen MR) is 73.3 cm³/mol. The summed E-state index contributed by atoms with van der Waals surface area (Å²) in [5.74, 6) is -1.04. The van der Waals surface area contributed by atoms with E-state index in [0.717, 1.165) is 0 Å². The lowest BCUT2D eigenvalue weighted by Gasteiger charge is -2.16. The standard InChI is InChI=1S/C13H17N3O4/c1-7-5-4-6-9(12(18)20-3)10(7)16-11(17)8(2)15-13(14)19/h4-6,8H,1-3H3,(H,16,17)(H3,14,15,19)/t8-/m0/s1. The van der Waals surface area contributed by atoms with Gasteiger partial charge in [-0.05, 0) is 25.5 Å². The van der Waals surface area contributed by atoms with Crippen molar-refractivity contribution >= 4 is 23.6 Å². The summed E-state index contributed by atoms with van der Waals surface area (Å²) in [7, 11) is 1.26. The van der Waals surface area contributed by atoms with Crippen molar-refractivity contribution in [2.75, 3.05) is 12.4 Å². The number of aryl methyl sites for hydroxylation is 1. The van der Waals surface area contributed by atoms with Crippen LogP contribution in [0.15, 0.2) is 18.2 Å². The van der Waals surface area contributed by atoms with Crippen molar-refractivity contribution in [1.82, 2.24) is 5.32 Å². The van der Waals surface area contributed by atoms with Gasteiger partial charge in [0.15, 0.2) is 0 Å². The van der Waals surface area contributed by atoms with Crippen LogP contribution in [0, 0.1) is 6.92 Å². The van der Waals surface area contributed by atoms with Gasteiger partial charge in [-0.15, -0.1) is 0 Å². The maximum absolute atomic E-state index is 11.9. The first-order valence-corrected chi connectivity index (χ1v) is 5.91. The summed E-state index contributed by atoms with van der Waals surface area (Å²) in [6, 6.07) is 3.35. The molecule has 0 aliphatic rings. The molecule has 0 aromatic heterocycles. The van der Waals surface area contributed by atoms with Crippen molar-refractivity contribution in [1.29, 1.82) is 0 Å². The molecule has 3 amide bonds. The Hall–Kier alpha value is -2.57. The molecule has 108 valence electrons. The zero-order valence-corrected chi connectivity index (χ0v) is 11.5. The van der Waals surface area contributed by atoms with Gasteiger partial charge in [0.1, 0.15) is 6.04 Å². The smallest absolute Gasteiger partial charge is 0.339 e. The highest BCUT2D eigenvalue weighted by atomic mass is 16.5. The monoisotopic (exact) mass is 279 g/mol. The average molecular weight is 279 g/mol. The number of rotatable bonds is 4. The van der Waals surface area contributed by atoms with Gasteiger partial charge in [-0.25, -0.2) is 9.59 Å². The van der Waals surface area contributed by atoms with E-state index in [9.17, 15) is 14.4 Å². The van der Waals surface area contributed by atoms with Crippen LogP contribution in [0.2, 0.25) is 0 Å². The van der Waals surface area contributed by atoms with Crippen LogP contribution in [0.25, 0.3) is 0 Å². The fourth-order valence-electron chi connectivity index (χ4n) is 1.62. The first-order chi connectivity index (χ1) is 9.36. The van der Waals surface area contributed by atoms with E-state index in [4.69, 9.17) is 5.73 Å². The molecule has 0 aliphatic heterocycles. The number of ether oxygens (including phenoxy) is 1. The summed E-state index contributed by atoms with van der Waals surface area (Å²) in [5, 5.41) is 4.84. The van der Waals surface area contributed by atoms with Gasteiger partial charge in [0.25, 0.3) is 0 Å². The predicted octanol–water partition coefficient (Wildman–Crippen LogP) is 0.777. The molecular weight excluding hydrogens is 262 g/mol. The number of para-hydroxylation sites is 1. The van der Waals surface area contributed by atoms with E-state index in [1.807, 2.05) is 0 Å². The average Bonchev–Trinajstić information content (AvgIpc) is 2.39. The van der Waals surface area contributed by atoms with Gasteiger partial charge in [0.05, 0.1) is 18.4 Å². The Labute approximate surface area is 116 Å². The Morgan fingerprint density at radius 3 is 2.50 bits per heavy atom. The minimum Gasteiger partial charge on any atom is -0.465 e. The maximum Gasteiger partial charge on any atom is 0.339 e. The van der Waals surface area contributed by atoms with Crippen LogP contribution in [-0.4, -0.2) is 31.1 Å². The first-order valence-electron chi connectivity index (χ1n) is 5.91. The third-order valence-electron chi connectivity index (χ3n) is 2.68. The number of primary amides is 1. The number of nitrogens with one attached hydrogen (secondary N) is 2. The molecule has 4 N–H and O–H groups in total. The number of anilines is 1. The number of carbonyl (C=O) groups excluding carboxylic acids is 3. The largest absolute Gasteiger partial charge is 0.465 e. The summed E-state index contributed by atoms with van der Waals surface area (Å²) in [6.07, 6.45) is 0. The highest BCUT2D eigenvalue weighted by Crippen LogP contribution is 2.21. The van der Waals surface area contributed by atoms with Crippen LogP contribution in [0.5, 0.6) is 0 Å². The quantitative estimate of drug-likeness (QED) is 0.707. The fraction of sp³-hybridized carbons (Fsp3) is 0.308. The molecule has 20 heavy (non-hydrogen) atoms. The van der Waals surface area contributed by atoms with Gasteiger partial charge in [-0.2, -0.15) is 0 Å². The second-order valence-corrected chi connectivity index (χ2v) is 4.21. The second kappa shape index (κ2) is 6.55. The van der Waals surface area contributed by atoms with Crippen LogP contribution >= 0.6 is 0 Å². The van der Waals surface area contributed by atoms with Crippen molar-refractivity contribution in [3.05, 3.63) is 29.3 Å². The molecular formula is C13H17N3O4. The number of hydrogen-bond acceptors (Lipinski definition) is 4. The molecule has 0 bridgehead atoms. The fourth-order valence-corrected chi connectivity index (χ4v) is 1.62. The number of carbonyl (C=O) groups is 3. The number of esters is 1. The SMILES string of the molecule is COC(=O)c1cccc(C)c1NC(=O)[C@H](C)NC(N)=O. The van der Waals surface area contributed by atoms with Crippen LogP contribution < -0.4 is 16.4 Å². The summed E-state index contributed by atoms with van der Waals surface area (Å²) < 4.78 is 4.66. The van der Waals surface area contributed by atoms with Gasteiger partial charge >= 0.3 is 12.0 Å². The first kappa shape index (κ1) is 15.5. The van der Waals surface area contributed by atoms with Crippen molar-refractivity contribution in [2.24, 2.45) is 5.73 Å². The van der Waals surface area contributed by atoms with Gasteiger partial charge in [-0.3, -0.25) is 4.79 Å². The van der Waals surface area contributed by atoms with Gasteiger partial charge in [-0.1, -0.05) is 12.1 Å². The zero-order chi connectivity index (χ0) is 15.3. The molecule has 0 fully saturated rings. The molecule has 0 spiro atoms. The summed E-state index contributed by atoms with van der Waals surface area (Å²) in [4.78, 5) is 34.3. The van der Waals surface area contributed by atoms with Crippen LogP contribution in [0.4, 0.5) is 10.5 Å². The molecule has 0 radical (unpaired) electrons. The van der Waals surface area contributed by atoms with Crippen LogP contribution in [-0.2, 0) is 9.53 Å². The Balaban J connectivity index is 2.99. The van der Waals surface area contributed by atoms with Gasteiger partial charge < -0.3 is 21.1 Å². The lowest BCUT2D eigenvalue weighted by molar-refractivity contribution is -0.117. The van der Waals surface area contributed by atoms with E-state index in [1.54, 1.807) is 25.1 Å². The number of methoxy groups -OCH3 is 1. The Morgan fingerprint density at radius 1 is 1.30 bits per heavy atom. The molecule has 0 aliphatic carbocycles. The Kier molecular flexibility index (Phi) is 5.08. The van der Waals surface area contributed by atoms with E-state index in [2.05, 4.69) is 15.4 Å². The number of benzene rings is 1. The molecule has 1 aromatic rings. The molecule has 0 saturated carbocycles. The van der Waals surface area contributed by atoms with E-state index >= 15 is 0 Å².